The van der Waals surface area contributed by atoms with Gasteiger partial charge in [-0.05, 0) is 34.7 Å². The first kappa shape index (κ1) is 9.69. The number of rotatable bonds is 0. The van der Waals surface area contributed by atoms with Gasteiger partial charge in [-0.1, -0.05) is 0 Å². The van der Waals surface area contributed by atoms with E-state index in [0.717, 1.165) is 7.97 Å². The molecule has 2 aromatic heterocycles. The average Bonchev–Trinajstić information content (AvgIpc) is 2.45. The van der Waals surface area contributed by atoms with Crippen LogP contribution in [0.3, 0.4) is 0 Å². The van der Waals surface area contributed by atoms with Crippen LogP contribution in [0.1, 0.15) is 5.82 Å². The van der Waals surface area contributed by atoms with Gasteiger partial charge >= 0.3 is 6.18 Å². The number of aromatic nitrogens is 3. The van der Waals surface area contributed by atoms with E-state index in [-0.39, 0.29) is 5.65 Å². The van der Waals surface area contributed by atoms with Crippen molar-refractivity contribution in [1.29, 1.82) is 0 Å². The number of pyridine rings is 1. The minimum Gasteiger partial charge on any atom is -0.279 e. The Morgan fingerprint density at radius 1 is 1.29 bits per heavy atom. The first-order valence-electron chi connectivity index (χ1n) is 3.56. The summed E-state index contributed by atoms with van der Waals surface area (Å²) in [6, 6.07) is 3.09. The predicted octanol–water partition coefficient (Wildman–Crippen LogP) is 2.35. The third-order valence-electron chi connectivity index (χ3n) is 1.63. The molecule has 74 valence electrons. The maximum Gasteiger partial charge on any atom is 0.452 e. The highest BCUT2D eigenvalue weighted by Gasteiger charge is 2.36. The summed E-state index contributed by atoms with van der Waals surface area (Å²) in [6.07, 6.45) is -3.16. The third kappa shape index (κ3) is 1.56. The molecule has 0 aliphatic carbocycles. The Bertz CT molecular complexity index is 476. The zero-order chi connectivity index (χ0) is 10.3. The van der Waals surface area contributed by atoms with Crippen molar-refractivity contribution in [2.24, 2.45) is 0 Å². The summed E-state index contributed by atoms with van der Waals surface area (Å²) in [4.78, 5) is 0. The van der Waals surface area contributed by atoms with Gasteiger partial charge in [-0.2, -0.15) is 13.2 Å². The molecule has 2 aromatic rings. The molecular weight excluding hydrogens is 310 g/mol. The van der Waals surface area contributed by atoms with E-state index in [1.807, 2.05) is 22.6 Å². The Morgan fingerprint density at radius 2 is 2.00 bits per heavy atom. The smallest absolute Gasteiger partial charge is 0.279 e. The lowest BCUT2D eigenvalue weighted by Gasteiger charge is -2.02. The van der Waals surface area contributed by atoms with Gasteiger partial charge in [0.15, 0.2) is 5.65 Å². The second-order valence-corrected chi connectivity index (χ2v) is 3.84. The zero-order valence-corrected chi connectivity index (χ0v) is 8.74. The molecule has 3 nitrogen and oxygen atoms in total. The molecule has 14 heavy (non-hydrogen) atoms. The van der Waals surface area contributed by atoms with Crippen molar-refractivity contribution in [3.8, 4) is 0 Å². The standard InChI is InChI=1S/C7H3F3IN3/c8-7(9,10)6-13-12-5-3-4(11)1-2-14(5)6/h1-3H. The third-order valence-corrected chi connectivity index (χ3v) is 2.30. The van der Waals surface area contributed by atoms with E-state index >= 15 is 0 Å². The predicted molar refractivity (Wildman–Crippen MR) is 50.7 cm³/mol. The molecule has 0 bridgehead atoms. The zero-order valence-electron chi connectivity index (χ0n) is 6.59. The Labute approximate surface area is 90.1 Å². The molecule has 0 saturated carbocycles. The van der Waals surface area contributed by atoms with Gasteiger partial charge < -0.3 is 0 Å². The van der Waals surface area contributed by atoms with E-state index in [0.29, 0.717) is 0 Å². The monoisotopic (exact) mass is 313 g/mol. The molecule has 0 saturated heterocycles. The maximum absolute atomic E-state index is 12.3. The van der Waals surface area contributed by atoms with Crippen molar-refractivity contribution < 1.29 is 13.2 Å². The number of hydrogen-bond donors (Lipinski definition) is 0. The molecular formula is C7H3F3IN3. The van der Waals surface area contributed by atoms with Crippen molar-refractivity contribution in [1.82, 2.24) is 14.6 Å². The fraction of sp³-hybridized carbons (Fsp3) is 0.143. The summed E-state index contributed by atoms with van der Waals surface area (Å²) in [5, 5.41) is 6.53. The summed E-state index contributed by atoms with van der Waals surface area (Å²) in [7, 11) is 0. The van der Waals surface area contributed by atoms with Gasteiger partial charge in [0.2, 0.25) is 5.82 Å². The van der Waals surface area contributed by atoms with E-state index < -0.39 is 12.0 Å². The number of halogens is 4. The molecule has 0 radical (unpaired) electrons. The molecule has 0 N–H and O–H groups in total. The summed E-state index contributed by atoms with van der Waals surface area (Å²) >= 11 is 2.00. The lowest BCUT2D eigenvalue weighted by molar-refractivity contribution is -0.145. The van der Waals surface area contributed by atoms with Crippen molar-refractivity contribution in [2.45, 2.75) is 6.18 Å². The molecule has 0 spiro atoms. The second-order valence-electron chi connectivity index (χ2n) is 2.59. The average molecular weight is 313 g/mol. The minimum absolute atomic E-state index is 0.198. The SMILES string of the molecule is FC(F)(F)c1nnc2cc(I)ccn12. The maximum atomic E-state index is 12.3. The second kappa shape index (κ2) is 3.07. The van der Waals surface area contributed by atoms with Crippen LogP contribution in [0, 0.1) is 3.57 Å². The molecule has 0 amide bonds. The molecule has 0 fully saturated rings. The van der Waals surface area contributed by atoms with Crippen LogP contribution >= 0.6 is 22.6 Å². The van der Waals surface area contributed by atoms with Crippen LogP contribution in [0.15, 0.2) is 18.3 Å². The van der Waals surface area contributed by atoms with Crippen LogP contribution in [-0.2, 0) is 6.18 Å². The topological polar surface area (TPSA) is 30.2 Å². The van der Waals surface area contributed by atoms with Gasteiger partial charge in [-0.3, -0.25) is 4.40 Å². The Hall–Kier alpha value is -0.860. The lowest BCUT2D eigenvalue weighted by atomic mass is 10.4. The molecule has 2 rings (SSSR count). The Morgan fingerprint density at radius 3 is 2.64 bits per heavy atom. The summed E-state index contributed by atoms with van der Waals surface area (Å²) in [5.41, 5.74) is 0.198. The van der Waals surface area contributed by atoms with Crippen LogP contribution in [0.2, 0.25) is 0 Å². The van der Waals surface area contributed by atoms with Gasteiger partial charge in [0, 0.05) is 9.77 Å². The lowest BCUT2D eigenvalue weighted by Crippen LogP contribution is -2.10. The number of nitrogens with zero attached hydrogens (tertiary/aromatic N) is 3. The molecule has 0 aromatic carbocycles. The molecule has 0 atom stereocenters. The van der Waals surface area contributed by atoms with Gasteiger partial charge in [-0.25, -0.2) is 0 Å². The van der Waals surface area contributed by atoms with Gasteiger partial charge in [0.1, 0.15) is 0 Å². The van der Waals surface area contributed by atoms with Crippen molar-refractivity contribution >= 4 is 28.2 Å². The number of fused-ring (bicyclic) bond motifs is 1. The number of hydrogen-bond acceptors (Lipinski definition) is 2. The largest absolute Gasteiger partial charge is 0.452 e. The van der Waals surface area contributed by atoms with E-state index in [2.05, 4.69) is 10.2 Å². The van der Waals surface area contributed by atoms with Crippen molar-refractivity contribution in [2.75, 3.05) is 0 Å². The van der Waals surface area contributed by atoms with Crippen molar-refractivity contribution in [3.05, 3.63) is 27.7 Å². The van der Waals surface area contributed by atoms with E-state index in [9.17, 15) is 13.2 Å². The van der Waals surface area contributed by atoms with Crippen LogP contribution in [0.5, 0.6) is 0 Å². The van der Waals surface area contributed by atoms with Gasteiger partial charge in [0.05, 0.1) is 0 Å². The van der Waals surface area contributed by atoms with Gasteiger partial charge in [0.25, 0.3) is 0 Å². The quantitative estimate of drug-likeness (QED) is 0.699. The van der Waals surface area contributed by atoms with Gasteiger partial charge in [-0.15, -0.1) is 10.2 Å². The summed E-state index contributed by atoms with van der Waals surface area (Å²) in [5.74, 6) is -0.996. The highest BCUT2D eigenvalue weighted by Crippen LogP contribution is 2.27. The van der Waals surface area contributed by atoms with Crippen LogP contribution < -0.4 is 0 Å². The Balaban J connectivity index is 2.70. The molecule has 0 aliphatic rings. The highest BCUT2D eigenvalue weighted by atomic mass is 127. The molecule has 0 unspecified atom stereocenters. The number of alkyl halides is 3. The first-order chi connectivity index (χ1) is 6.48. The van der Waals surface area contributed by atoms with Crippen LogP contribution in [0.4, 0.5) is 13.2 Å². The fourth-order valence-corrected chi connectivity index (χ4v) is 1.50. The molecule has 7 heteroatoms. The van der Waals surface area contributed by atoms with E-state index in [1.54, 1.807) is 6.07 Å². The highest BCUT2D eigenvalue weighted by molar-refractivity contribution is 14.1. The minimum atomic E-state index is -4.47. The fourth-order valence-electron chi connectivity index (χ4n) is 1.06. The van der Waals surface area contributed by atoms with E-state index in [4.69, 9.17) is 0 Å². The van der Waals surface area contributed by atoms with E-state index in [1.165, 1.54) is 12.3 Å². The first-order valence-corrected chi connectivity index (χ1v) is 4.64. The molecule has 2 heterocycles. The van der Waals surface area contributed by atoms with Crippen molar-refractivity contribution in [3.63, 3.8) is 0 Å². The molecule has 0 aliphatic heterocycles. The summed E-state index contributed by atoms with van der Waals surface area (Å²) in [6.45, 7) is 0. The Kier molecular flexibility index (Phi) is 2.13. The van der Waals surface area contributed by atoms with Crippen LogP contribution in [-0.4, -0.2) is 14.6 Å². The summed E-state index contributed by atoms with van der Waals surface area (Å²) < 4.78 is 38.7. The normalized spacial score (nSPS) is 12.3. The van der Waals surface area contributed by atoms with Crippen LogP contribution in [0.25, 0.3) is 5.65 Å².